The second-order valence-electron chi connectivity index (χ2n) is 5.78. The molecule has 1 N–H and O–H groups in total. The van der Waals surface area contributed by atoms with Crippen molar-refractivity contribution in [3.63, 3.8) is 0 Å². The van der Waals surface area contributed by atoms with E-state index < -0.39 is 0 Å². The second-order valence-corrected chi connectivity index (χ2v) is 6.19. The van der Waals surface area contributed by atoms with Crippen molar-refractivity contribution in [2.45, 2.75) is 32.2 Å². The molecule has 20 heavy (non-hydrogen) atoms. The van der Waals surface area contributed by atoms with Crippen LogP contribution in [0.25, 0.3) is 0 Å². The molecule has 1 aromatic heterocycles. The van der Waals surface area contributed by atoms with Gasteiger partial charge >= 0.3 is 0 Å². The van der Waals surface area contributed by atoms with E-state index in [1.807, 2.05) is 0 Å². The molecule has 5 heteroatoms. The van der Waals surface area contributed by atoms with Crippen LogP contribution >= 0.6 is 12.2 Å². The van der Waals surface area contributed by atoms with Crippen LogP contribution < -0.4 is 4.90 Å². The number of nitriles is 1. The first-order valence-corrected chi connectivity index (χ1v) is 7.73. The number of pyridine rings is 1. The highest BCUT2D eigenvalue weighted by atomic mass is 32.1. The van der Waals surface area contributed by atoms with Gasteiger partial charge in [-0.25, -0.2) is 0 Å². The van der Waals surface area contributed by atoms with Crippen molar-refractivity contribution in [1.82, 2.24) is 9.88 Å². The van der Waals surface area contributed by atoms with E-state index in [2.05, 4.69) is 27.9 Å². The Hall–Kier alpha value is -1.38. The first-order chi connectivity index (χ1) is 9.70. The number of hydrogen-bond donors (Lipinski definition) is 1. The molecule has 0 spiro atoms. The molecule has 2 aliphatic rings. The third kappa shape index (κ3) is 2.34. The molecule has 3 heterocycles. The Labute approximate surface area is 125 Å². The summed E-state index contributed by atoms with van der Waals surface area (Å²) >= 11 is 5.40. The van der Waals surface area contributed by atoms with Gasteiger partial charge < -0.3 is 14.8 Å². The minimum atomic E-state index is 0.608. The highest BCUT2D eigenvalue weighted by Crippen LogP contribution is 2.31. The molecule has 0 saturated carbocycles. The molecule has 106 valence electrons. The van der Waals surface area contributed by atoms with Crippen LogP contribution in [0.1, 0.15) is 36.0 Å². The van der Waals surface area contributed by atoms with Crippen LogP contribution in [0.15, 0.2) is 0 Å². The molecular weight excluding hydrogens is 268 g/mol. The molecule has 0 radical (unpaired) electrons. The number of aromatic nitrogens is 1. The monoisotopic (exact) mass is 288 g/mol. The maximum atomic E-state index is 9.38. The summed E-state index contributed by atoms with van der Waals surface area (Å²) in [7, 11) is 2.14. The summed E-state index contributed by atoms with van der Waals surface area (Å²) in [6.07, 6.45) is 4.72. The van der Waals surface area contributed by atoms with Gasteiger partial charge in [-0.05, 0) is 38.3 Å². The van der Waals surface area contributed by atoms with E-state index >= 15 is 0 Å². The van der Waals surface area contributed by atoms with Crippen LogP contribution in [0.3, 0.4) is 0 Å². The number of piperidine rings is 1. The van der Waals surface area contributed by atoms with E-state index in [1.165, 1.54) is 30.4 Å². The Morgan fingerprint density at radius 2 is 1.90 bits per heavy atom. The van der Waals surface area contributed by atoms with Crippen LogP contribution in [0, 0.1) is 16.0 Å². The molecule has 0 aliphatic carbocycles. The maximum absolute atomic E-state index is 9.38. The first-order valence-electron chi connectivity index (χ1n) is 7.32. The van der Waals surface area contributed by atoms with Crippen molar-refractivity contribution in [1.29, 1.82) is 5.26 Å². The van der Waals surface area contributed by atoms with Gasteiger partial charge in [-0.15, -0.1) is 0 Å². The first kappa shape index (κ1) is 13.6. The minimum absolute atomic E-state index is 0.608. The van der Waals surface area contributed by atoms with Gasteiger partial charge in [0.05, 0.1) is 5.56 Å². The summed E-state index contributed by atoms with van der Waals surface area (Å²) < 4.78 is 0.608. The molecule has 0 amide bonds. The summed E-state index contributed by atoms with van der Waals surface area (Å²) in [5.41, 5.74) is 3.14. The number of rotatable bonds is 1. The van der Waals surface area contributed by atoms with Crippen LogP contribution in [-0.2, 0) is 13.0 Å². The SMILES string of the molecule is CN1CCc2c(c(N3CCCCC3)[nH]c(=S)c2C#N)C1. The zero-order valence-electron chi connectivity index (χ0n) is 11.9. The van der Waals surface area contributed by atoms with E-state index in [9.17, 15) is 5.26 Å². The number of nitrogens with zero attached hydrogens (tertiary/aromatic N) is 3. The van der Waals surface area contributed by atoms with Gasteiger partial charge in [0.25, 0.3) is 0 Å². The number of fused-ring (bicyclic) bond motifs is 1. The van der Waals surface area contributed by atoms with E-state index in [0.29, 0.717) is 10.2 Å². The number of nitrogens with one attached hydrogen (secondary N) is 1. The molecule has 0 unspecified atom stereocenters. The largest absolute Gasteiger partial charge is 0.358 e. The van der Waals surface area contributed by atoms with Gasteiger partial charge in [0.15, 0.2) is 0 Å². The summed E-state index contributed by atoms with van der Waals surface area (Å²) in [4.78, 5) is 8.07. The lowest BCUT2D eigenvalue weighted by atomic mass is 9.96. The van der Waals surface area contributed by atoms with Crippen LogP contribution in [0.4, 0.5) is 5.82 Å². The number of aromatic amines is 1. The second kappa shape index (κ2) is 5.55. The average molecular weight is 288 g/mol. The molecule has 0 atom stereocenters. The van der Waals surface area contributed by atoms with Gasteiger partial charge in [-0.1, -0.05) is 12.2 Å². The van der Waals surface area contributed by atoms with E-state index in [0.717, 1.165) is 38.4 Å². The Kier molecular flexibility index (Phi) is 3.77. The number of anilines is 1. The number of likely N-dealkylation sites (N-methyl/N-ethyl adjacent to an activating group) is 1. The fourth-order valence-corrected chi connectivity index (χ4v) is 3.55. The lowest BCUT2D eigenvalue weighted by molar-refractivity contribution is 0.312. The van der Waals surface area contributed by atoms with Crippen molar-refractivity contribution < 1.29 is 0 Å². The number of H-pyrrole nitrogens is 1. The highest BCUT2D eigenvalue weighted by molar-refractivity contribution is 7.71. The molecular formula is C15H20N4S. The Morgan fingerprint density at radius 3 is 2.60 bits per heavy atom. The molecule has 1 saturated heterocycles. The molecule has 4 nitrogen and oxygen atoms in total. The highest BCUT2D eigenvalue weighted by Gasteiger charge is 2.24. The zero-order chi connectivity index (χ0) is 14.1. The average Bonchev–Trinajstić information content (AvgIpc) is 2.48. The summed E-state index contributed by atoms with van der Waals surface area (Å²) in [6, 6.07) is 2.30. The van der Waals surface area contributed by atoms with Crippen molar-refractivity contribution in [2.24, 2.45) is 0 Å². The molecule has 1 aromatic rings. The molecule has 0 aromatic carbocycles. The fourth-order valence-electron chi connectivity index (χ4n) is 3.28. The van der Waals surface area contributed by atoms with Crippen molar-refractivity contribution in [3.8, 4) is 6.07 Å². The van der Waals surface area contributed by atoms with E-state index in [-0.39, 0.29) is 0 Å². The standard InChI is InChI=1S/C15H20N4S/c1-18-8-5-11-12(9-16)15(20)17-14(13(11)10-18)19-6-3-2-4-7-19/h2-8,10H2,1H3,(H,17,20). The molecule has 1 fully saturated rings. The maximum Gasteiger partial charge on any atom is 0.123 e. The molecule has 3 rings (SSSR count). The van der Waals surface area contributed by atoms with Crippen molar-refractivity contribution in [2.75, 3.05) is 31.6 Å². The predicted molar refractivity (Wildman–Crippen MR) is 82.4 cm³/mol. The van der Waals surface area contributed by atoms with E-state index in [1.54, 1.807) is 0 Å². The summed E-state index contributed by atoms with van der Waals surface area (Å²) in [6.45, 7) is 4.09. The predicted octanol–water partition coefficient (Wildman–Crippen LogP) is 2.59. The van der Waals surface area contributed by atoms with Gasteiger partial charge in [0.1, 0.15) is 16.5 Å². The summed E-state index contributed by atoms with van der Waals surface area (Å²) in [5, 5.41) is 9.38. The lowest BCUT2D eigenvalue weighted by Crippen LogP contribution is -2.35. The smallest absolute Gasteiger partial charge is 0.123 e. The quantitative estimate of drug-likeness (QED) is 0.807. The third-order valence-electron chi connectivity index (χ3n) is 4.37. The number of hydrogen-bond acceptors (Lipinski definition) is 4. The Balaban J connectivity index is 2.12. The lowest BCUT2D eigenvalue weighted by Gasteiger charge is -2.34. The Bertz CT molecular complexity index is 608. The van der Waals surface area contributed by atoms with Crippen molar-refractivity contribution >= 4 is 18.0 Å². The Morgan fingerprint density at radius 1 is 1.15 bits per heavy atom. The normalized spacial score (nSPS) is 19.5. The van der Waals surface area contributed by atoms with Crippen LogP contribution in [0.5, 0.6) is 0 Å². The van der Waals surface area contributed by atoms with Gasteiger partial charge in [-0.3, -0.25) is 0 Å². The molecule has 2 aliphatic heterocycles. The van der Waals surface area contributed by atoms with Gasteiger partial charge in [0.2, 0.25) is 0 Å². The zero-order valence-corrected chi connectivity index (χ0v) is 12.7. The fraction of sp³-hybridized carbons (Fsp3) is 0.600. The van der Waals surface area contributed by atoms with Crippen LogP contribution in [0.2, 0.25) is 0 Å². The van der Waals surface area contributed by atoms with Gasteiger partial charge in [-0.2, -0.15) is 5.26 Å². The van der Waals surface area contributed by atoms with E-state index in [4.69, 9.17) is 12.2 Å². The topological polar surface area (TPSA) is 46.1 Å². The molecule has 0 bridgehead atoms. The van der Waals surface area contributed by atoms with Crippen LogP contribution in [-0.4, -0.2) is 36.6 Å². The summed E-state index contributed by atoms with van der Waals surface area (Å²) in [5.74, 6) is 1.16. The third-order valence-corrected chi connectivity index (χ3v) is 4.67. The minimum Gasteiger partial charge on any atom is -0.358 e. The van der Waals surface area contributed by atoms with Gasteiger partial charge in [0, 0.05) is 31.7 Å². The van der Waals surface area contributed by atoms with Crippen molar-refractivity contribution in [3.05, 3.63) is 21.3 Å².